The Bertz CT molecular complexity index is 782. The quantitative estimate of drug-likeness (QED) is 0.737. The maximum Gasteiger partial charge on any atom is 0.274 e. The standard InChI is InChI=1S/C22H32N4O2/c1-17-14-20(23-25(17)3)22(27)24(2)15-18-8-7-12-26(16-18)13-11-19-9-5-6-10-21(19)28-4/h5-6,9-10,14,18H,7-8,11-13,15-16H2,1-4H3. The molecule has 1 fully saturated rings. The molecule has 6 heteroatoms. The second-order valence-corrected chi connectivity index (χ2v) is 7.85. The van der Waals surface area contributed by atoms with Gasteiger partial charge in [0, 0.05) is 39.4 Å². The van der Waals surface area contributed by atoms with Crippen molar-refractivity contribution in [3.63, 3.8) is 0 Å². The molecule has 0 aliphatic carbocycles. The van der Waals surface area contributed by atoms with Crippen molar-refractivity contribution in [1.29, 1.82) is 0 Å². The Hall–Kier alpha value is -2.34. The Balaban J connectivity index is 1.52. The third-order valence-corrected chi connectivity index (χ3v) is 5.70. The zero-order valence-corrected chi connectivity index (χ0v) is 17.5. The van der Waals surface area contributed by atoms with E-state index in [9.17, 15) is 4.79 Å². The molecule has 1 unspecified atom stereocenters. The second-order valence-electron chi connectivity index (χ2n) is 7.85. The summed E-state index contributed by atoms with van der Waals surface area (Å²) in [5, 5.41) is 4.32. The largest absolute Gasteiger partial charge is 0.496 e. The minimum atomic E-state index is 0.00912. The van der Waals surface area contributed by atoms with Gasteiger partial charge in [0.1, 0.15) is 5.75 Å². The molecule has 1 aliphatic heterocycles. The van der Waals surface area contributed by atoms with Gasteiger partial charge in [-0.15, -0.1) is 0 Å². The van der Waals surface area contributed by atoms with Gasteiger partial charge in [-0.3, -0.25) is 9.48 Å². The number of aryl methyl sites for hydroxylation is 2. The van der Waals surface area contributed by atoms with Crippen LogP contribution in [0, 0.1) is 12.8 Å². The van der Waals surface area contributed by atoms with Crippen molar-refractivity contribution in [1.82, 2.24) is 19.6 Å². The number of amides is 1. The highest BCUT2D eigenvalue weighted by atomic mass is 16.5. The lowest BCUT2D eigenvalue weighted by atomic mass is 9.97. The first-order valence-electron chi connectivity index (χ1n) is 10.1. The second kappa shape index (κ2) is 9.24. The third kappa shape index (κ3) is 4.93. The number of hydrogen-bond acceptors (Lipinski definition) is 4. The summed E-state index contributed by atoms with van der Waals surface area (Å²) in [5.41, 5.74) is 2.79. The first-order valence-corrected chi connectivity index (χ1v) is 10.1. The van der Waals surface area contributed by atoms with Gasteiger partial charge in [0.15, 0.2) is 5.69 Å². The number of carbonyl (C=O) groups is 1. The molecule has 28 heavy (non-hydrogen) atoms. The van der Waals surface area contributed by atoms with Crippen LogP contribution < -0.4 is 4.74 Å². The summed E-state index contributed by atoms with van der Waals surface area (Å²) >= 11 is 0. The summed E-state index contributed by atoms with van der Waals surface area (Å²) in [6.07, 6.45) is 3.34. The molecule has 3 rings (SSSR count). The number of aromatic nitrogens is 2. The molecular formula is C22H32N4O2. The van der Waals surface area contributed by atoms with Crippen LogP contribution in [-0.4, -0.2) is 65.8 Å². The van der Waals surface area contributed by atoms with E-state index in [2.05, 4.69) is 22.1 Å². The number of para-hydroxylation sites is 1. The van der Waals surface area contributed by atoms with Crippen molar-refractivity contribution in [3.8, 4) is 5.75 Å². The highest BCUT2D eigenvalue weighted by Gasteiger charge is 2.24. The molecule has 1 atom stereocenters. The van der Waals surface area contributed by atoms with E-state index in [0.717, 1.165) is 44.0 Å². The van der Waals surface area contributed by atoms with Crippen molar-refractivity contribution in [2.24, 2.45) is 13.0 Å². The summed E-state index contributed by atoms with van der Waals surface area (Å²) in [6, 6.07) is 10.1. The molecule has 2 heterocycles. The fraction of sp³-hybridized carbons (Fsp3) is 0.545. The number of carbonyl (C=O) groups excluding carboxylic acids is 1. The topological polar surface area (TPSA) is 50.6 Å². The predicted octanol–water partition coefficient (Wildman–Crippen LogP) is 2.76. The van der Waals surface area contributed by atoms with E-state index in [4.69, 9.17) is 4.74 Å². The smallest absolute Gasteiger partial charge is 0.274 e. The molecule has 1 aromatic heterocycles. The van der Waals surface area contributed by atoms with Gasteiger partial charge in [-0.05, 0) is 56.3 Å². The van der Waals surface area contributed by atoms with Crippen LogP contribution in [0.3, 0.4) is 0 Å². The summed E-state index contributed by atoms with van der Waals surface area (Å²) in [4.78, 5) is 17.0. The lowest BCUT2D eigenvalue weighted by Crippen LogP contribution is -2.42. The Morgan fingerprint density at radius 2 is 2.14 bits per heavy atom. The summed E-state index contributed by atoms with van der Waals surface area (Å²) in [6.45, 7) is 5.93. The SMILES string of the molecule is COc1ccccc1CCN1CCCC(CN(C)C(=O)c2cc(C)n(C)n2)C1. The molecule has 0 bridgehead atoms. The van der Waals surface area contributed by atoms with Crippen molar-refractivity contribution in [3.05, 3.63) is 47.3 Å². The van der Waals surface area contributed by atoms with E-state index in [-0.39, 0.29) is 5.91 Å². The zero-order valence-electron chi connectivity index (χ0n) is 17.5. The molecule has 1 amide bonds. The average molecular weight is 385 g/mol. The first-order chi connectivity index (χ1) is 13.5. The van der Waals surface area contributed by atoms with Crippen molar-refractivity contribution in [2.45, 2.75) is 26.2 Å². The average Bonchev–Trinajstić information content (AvgIpc) is 3.04. The molecule has 0 N–H and O–H groups in total. The van der Waals surface area contributed by atoms with E-state index in [0.29, 0.717) is 11.6 Å². The fourth-order valence-corrected chi connectivity index (χ4v) is 4.02. The maximum absolute atomic E-state index is 12.7. The monoisotopic (exact) mass is 384 g/mol. The molecule has 6 nitrogen and oxygen atoms in total. The van der Waals surface area contributed by atoms with E-state index in [1.165, 1.54) is 18.4 Å². The minimum absolute atomic E-state index is 0.00912. The highest BCUT2D eigenvalue weighted by molar-refractivity contribution is 5.92. The number of methoxy groups -OCH3 is 1. The number of ether oxygens (including phenoxy) is 1. The van der Waals surface area contributed by atoms with Gasteiger partial charge in [0.2, 0.25) is 0 Å². The Morgan fingerprint density at radius 3 is 2.86 bits per heavy atom. The van der Waals surface area contributed by atoms with Crippen LogP contribution in [-0.2, 0) is 13.5 Å². The van der Waals surface area contributed by atoms with Gasteiger partial charge >= 0.3 is 0 Å². The van der Waals surface area contributed by atoms with Crippen molar-refractivity contribution >= 4 is 5.91 Å². The lowest BCUT2D eigenvalue weighted by Gasteiger charge is -2.34. The summed E-state index contributed by atoms with van der Waals surface area (Å²) in [7, 11) is 5.48. The first kappa shape index (κ1) is 20.4. The summed E-state index contributed by atoms with van der Waals surface area (Å²) in [5.74, 6) is 1.48. The van der Waals surface area contributed by atoms with Crippen molar-refractivity contribution < 1.29 is 9.53 Å². The predicted molar refractivity (Wildman–Crippen MR) is 111 cm³/mol. The molecule has 1 saturated heterocycles. The molecule has 0 radical (unpaired) electrons. The van der Waals surface area contributed by atoms with Crippen LogP contribution in [0.25, 0.3) is 0 Å². The van der Waals surface area contributed by atoms with E-state index in [1.54, 1.807) is 11.8 Å². The van der Waals surface area contributed by atoms with Crippen LogP contribution in [0.2, 0.25) is 0 Å². The molecule has 2 aromatic rings. The molecule has 0 spiro atoms. The van der Waals surface area contributed by atoms with Crippen LogP contribution >= 0.6 is 0 Å². The Labute approximate surface area is 168 Å². The summed E-state index contributed by atoms with van der Waals surface area (Å²) < 4.78 is 7.22. The Kier molecular flexibility index (Phi) is 6.73. The van der Waals surface area contributed by atoms with Crippen LogP contribution in [0.1, 0.15) is 34.6 Å². The van der Waals surface area contributed by atoms with Gasteiger partial charge < -0.3 is 14.5 Å². The maximum atomic E-state index is 12.7. The van der Waals surface area contributed by atoms with E-state index in [1.807, 2.05) is 44.1 Å². The van der Waals surface area contributed by atoms with Crippen LogP contribution in [0.4, 0.5) is 0 Å². The number of benzene rings is 1. The highest BCUT2D eigenvalue weighted by Crippen LogP contribution is 2.21. The van der Waals surface area contributed by atoms with E-state index < -0.39 is 0 Å². The molecule has 0 saturated carbocycles. The number of likely N-dealkylation sites (tertiary alicyclic amines) is 1. The van der Waals surface area contributed by atoms with Crippen molar-refractivity contribution in [2.75, 3.05) is 40.3 Å². The fourth-order valence-electron chi connectivity index (χ4n) is 4.02. The molecule has 1 aliphatic rings. The van der Waals surface area contributed by atoms with Gasteiger partial charge in [0.05, 0.1) is 7.11 Å². The minimum Gasteiger partial charge on any atom is -0.496 e. The normalized spacial score (nSPS) is 17.5. The Morgan fingerprint density at radius 1 is 1.36 bits per heavy atom. The molecule has 152 valence electrons. The number of nitrogens with zero attached hydrogens (tertiary/aromatic N) is 4. The lowest BCUT2D eigenvalue weighted by molar-refractivity contribution is 0.0724. The van der Waals surface area contributed by atoms with Gasteiger partial charge in [-0.1, -0.05) is 18.2 Å². The van der Waals surface area contributed by atoms with Gasteiger partial charge in [-0.2, -0.15) is 5.10 Å². The number of rotatable bonds is 7. The number of hydrogen-bond donors (Lipinski definition) is 0. The third-order valence-electron chi connectivity index (χ3n) is 5.70. The molecular weight excluding hydrogens is 352 g/mol. The van der Waals surface area contributed by atoms with E-state index >= 15 is 0 Å². The van der Waals surface area contributed by atoms with Crippen LogP contribution in [0.15, 0.2) is 30.3 Å². The molecule has 1 aromatic carbocycles. The van der Waals surface area contributed by atoms with Gasteiger partial charge in [0.25, 0.3) is 5.91 Å². The zero-order chi connectivity index (χ0) is 20.1. The van der Waals surface area contributed by atoms with Gasteiger partial charge in [-0.25, -0.2) is 0 Å². The number of piperidine rings is 1. The van der Waals surface area contributed by atoms with Crippen LogP contribution in [0.5, 0.6) is 5.75 Å².